The molecule has 17 heavy (non-hydrogen) atoms. The molecular formula is C11H8ClFN2O2. The van der Waals surface area contributed by atoms with Crippen LogP contribution < -0.4 is 0 Å². The number of nitrogens with one attached hydrogen (secondary N) is 1. The lowest BCUT2D eigenvalue weighted by Crippen LogP contribution is -2.02. The fraction of sp³-hybridized carbons (Fsp3) is 0.0909. The standard InChI is InChI=1S/C11H8ClFN2O2/c1-17-11(16)7-4-2-3-6(9(7)12)10-8(13)5-14-15-10/h2-5H,1H3,(H,14,15). The van der Waals surface area contributed by atoms with Crippen LogP contribution in [0.4, 0.5) is 4.39 Å². The van der Waals surface area contributed by atoms with Gasteiger partial charge in [-0.15, -0.1) is 0 Å². The molecule has 0 atom stereocenters. The maximum atomic E-state index is 13.4. The average molecular weight is 255 g/mol. The van der Waals surface area contributed by atoms with E-state index in [1.54, 1.807) is 12.1 Å². The number of benzene rings is 1. The predicted molar refractivity (Wildman–Crippen MR) is 60.3 cm³/mol. The molecule has 1 heterocycles. The number of rotatable bonds is 2. The Morgan fingerprint density at radius 2 is 2.29 bits per heavy atom. The number of halogens is 2. The van der Waals surface area contributed by atoms with E-state index in [9.17, 15) is 9.18 Å². The van der Waals surface area contributed by atoms with Gasteiger partial charge in [-0.25, -0.2) is 9.18 Å². The van der Waals surface area contributed by atoms with Gasteiger partial charge < -0.3 is 4.74 Å². The Hall–Kier alpha value is -1.88. The lowest BCUT2D eigenvalue weighted by atomic mass is 10.1. The van der Waals surface area contributed by atoms with Crippen molar-refractivity contribution in [3.63, 3.8) is 0 Å². The Morgan fingerprint density at radius 3 is 2.88 bits per heavy atom. The van der Waals surface area contributed by atoms with Gasteiger partial charge in [-0.2, -0.15) is 5.10 Å². The summed E-state index contributed by atoms with van der Waals surface area (Å²) >= 11 is 6.02. The van der Waals surface area contributed by atoms with E-state index in [1.165, 1.54) is 13.2 Å². The van der Waals surface area contributed by atoms with Crippen LogP contribution in [-0.4, -0.2) is 23.3 Å². The van der Waals surface area contributed by atoms with E-state index in [1.807, 2.05) is 0 Å². The molecule has 6 heteroatoms. The first-order chi connectivity index (χ1) is 8.15. The number of methoxy groups -OCH3 is 1. The highest BCUT2D eigenvalue weighted by atomic mass is 35.5. The molecule has 0 spiro atoms. The van der Waals surface area contributed by atoms with Crippen molar-refractivity contribution in [2.45, 2.75) is 0 Å². The topological polar surface area (TPSA) is 55.0 Å². The second kappa shape index (κ2) is 4.55. The van der Waals surface area contributed by atoms with Crippen molar-refractivity contribution in [2.75, 3.05) is 7.11 Å². The Balaban J connectivity index is 2.57. The summed E-state index contributed by atoms with van der Waals surface area (Å²) in [6.07, 6.45) is 1.11. The van der Waals surface area contributed by atoms with Crippen LogP contribution in [0, 0.1) is 5.82 Å². The number of ether oxygens (including phenoxy) is 1. The summed E-state index contributed by atoms with van der Waals surface area (Å²) in [7, 11) is 1.25. The number of hydrogen-bond acceptors (Lipinski definition) is 3. The highest BCUT2D eigenvalue weighted by Crippen LogP contribution is 2.31. The summed E-state index contributed by atoms with van der Waals surface area (Å²) < 4.78 is 17.9. The van der Waals surface area contributed by atoms with E-state index < -0.39 is 11.8 Å². The lowest BCUT2D eigenvalue weighted by Gasteiger charge is -2.06. The van der Waals surface area contributed by atoms with Crippen molar-refractivity contribution in [3.8, 4) is 11.3 Å². The molecule has 0 fully saturated rings. The molecule has 0 aliphatic carbocycles. The van der Waals surface area contributed by atoms with Gasteiger partial charge in [0.2, 0.25) is 0 Å². The van der Waals surface area contributed by atoms with E-state index in [2.05, 4.69) is 14.9 Å². The highest BCUT2D eigenvalue weighted by Gasteiger charge is 2.18. The number of aromatic nitrogens is 2. The summed E-state index contributed by atoms with van der Waals surface area (Å²) in [6, 6.07) is 4.66. The number of hydrogen-bond donors (Lipinski definition) is 1. The molecule has 88 valence electrons. The summed E-state index contributed by atoms with van der Waals surface area (Å²) in [4.78, 5) is 11.4. The van der Waals surface area contributed by atoms with Gasteiger partial charge in [-0.3, -0.25) is 5.10 Å². The van der Waals surface area contributed by atoms with Crippen LogP contribution in [0.15, 0.2) is 24.4 Å². The number of nitrogens with zero attached hydrogens (tertiary/aromatic N) is 1. The van der Waals surface area contributed by atoms with Crippen molar-refractivity contribution in [2.24, 2.45) is 0 Å². The van der Waals surface area contributed by atoms with Gasteiger partial charge in [0.05, 0.1) is 23.9 Å². The first-order valence-electron chi connectivity index (χ1n) is 4.71. The highest BCUT2D eigenvalue weighted by molar-refractivity contribution is 6.36. The minimum atomic E-state index is -0.576. The third-order valence-corrected chi connectivity index (χ3v) is 2.66. The minimum absolute atomic E-state index is 0.0701. The van der Waals surface area contributed by atoms with Crippen molar-refractivity contribution in [1.82, 2.24) is 10.2 Å². The monoisotopic (exact) mass is 254 g/mol. The third kappa shape index (κ3) is 2.01. The van der Waals surface area contributed by atoms with Gasteiger partial charge in [0.15, 0.2) is 5.82 Å². The predicted octanol–water partition coefficient (Wildman–Crippen LogP) is 2.66. The van der Waals surface area contributed by atoms with Crippen molar-refractivity contribution in [3.05, 3.63) is 40.8 Å². The van der Waals surface area contributed by atoms with Crippen molar-refractivity contribution < 1.29 is 13.9 Å². The second-order valence-corrected chi connectivity index (χ2v) is 3.62. The van der Waals surface area contributed by atoms with Crippen LogP contribution in [0.25, 0.3) is 11.3 Å². The summed E-state index contributed by atoms with van der Waals surface area (Å²) in [5, 5.41) is 6.24. The number of H-pyrrole nitrogens is 1. The number of aromatic amines is 1. The van der Waals surface area contributed by atoms with Gasteiger partial charge in [-0.1, -0.05) is 23.7 Å². The molecule has 0 saturated carbocycles. The molecule has 1 aromatic carbocycles. The minimum Gasteiger partial charge on any atom is -0.465 e. The molecule has 0 aliphatic heterocycles. The van der Waals surface area contributed by atoms with Crippen LogP contribution in [0.5, 0.6) is 0 Å². The zero-order chi connectivity index (χ0) is 12.4. The number of carbonyl (C=O) groups excluding carboxylic acids is 1. The zero-order valence-corrected chi connectivity index (χ0v) is 9.58. The van der Waals surface area contributed by atoms with Crippen LogP contribution in [-0.2, 0) is 4.74 Å². The molecule has 1 aromatic heterocycles. The van der Waals surface area contributed by atoms with Crippen LogP contribution >= 0.6 is 11.6 Å². The first kappa shape index (κ1) is 11.6. The summed E-state index contributed by atoms with van der Waals surface area (Å²) in [5.41, 5.74) is 0.586. The smallest absolute Gasteiger partial charge is 0.339 e. The average Bonchev–Trinajstić information content (AvgIpc) is 2.75. The Bertz CT molecular complexity index is 568. The van der Waals surface area contributed by atoms with Crippen LogP contribution in [0.1, 0.15) is 10.4 Å². The van der Waals surface area contributed by atoms with E-state index in [-0.39, 0.29) is 16.3 Å². The molecule has 4 nitrogen and oxygen atoms in total. The lowest BCUT2D eigenvalue weighted by molar-refractivity contribution is 0.0601. The maximum Gasteiger partial charge on any atom is 0.339 e. The normalized spacial score (nSPS) is 10.3. The number of carbonyl (C=O) groups is 1. The Labute approximate surface area is 101 Å². The van der Waals surface area contributed by atoms with Gasteiger partial charge in [0, 0.05) is 5.56 Å². The molecule has 1 N–H and O–H groups in total. The van der Waals surface area contributed by atoms with Gasteiger partial charge >= 0.3 is 5.97 Å². The quantitative estimate of drug-likeness (QED) is 0.839. The van der Waals surface area contributed by atoms with Crippen LogP contribution in [0.3, 0.4) is 0 Å². The number of esters is 1. The SMILES string of the molecule is COC(=O)c1cccc(-c2n[nH]cc2F)c1Cl. The van der Waals surface area contributed by atoms with Gasteiger partial charge in [0.1, 0.15) is 5.69 Å². The molecule has 2 rings (SSSR count). The fourth-order valence-electron chi connectivity index (χ4n) is 1.45. The molecule has 2 aromatic rings. The largest absolute Gasteiger partial charge is 0.465 e. The molecule has 0 radical (unpaired) electrons. The summed E-state index contributed by atoms with van der Waals surface area (Å²) in [5.74, 6) is -1.11. The molecular weight excluding hydrogens is 247 g/mol. The van der Waals surface area contributed by atoms with Gasteiger partial charge in [-0.05, 0) is 6.07 Å². The Morgan fingerprint density at radius 1 is 1.53 bits per heavy atom. The first-order valence-corrected chi connectivity index (χ1v) is 5.09. The zero-order valence-electron chi connectivity index (χ0n) is 8.83. The van der Waals surface area contributed by atoms with Crippen LogP contribution in [0.2, 0.25) is 5.02 Å². The maximum absolute atomic E-state index is 13.4. The summed E-state index contributed by atoms with van der Waals surface area (Å²) in [6.45, 7) is 0. The van der Waals surface area contributed by atoms with E-state index >= 15 is 0 Å². The van der Waals surface area contributed by atoms with Crippen molar-refractivity contribution in [1.29, 1.82) is 0 Å². The Kier molecular flexibility index (Phi) is 3.10. The van der Waals surface area contributed by atoms with E-state index in [0.717, 1.165) is 6.20 Å². The second-order valence-electron chi connectivity index (χ2n) is 3.24. The van der Waals surface area contributed by atoms with Crippen molar-refractivity contribution >= 4 is 17.6 Å². The third-order valence-electron chi connectivity index (χ3n) is 2.25. The van der Waals surface area contributed by atoms with E-state index in [0.29, 0.717) is 5.56 Å². The molecule has 0 aliphatic rings. The molecule has 0 amide bonds. The molecule has 0 saturated heterocycles. The van der Waals surface area contributed by atoms with Gasteiger partial charge in [0.25, 0.3) is 0 Å². The van der Waals surface area contributed by atoms with E-state index in [4.69, 9.17) is 11.6 Å². The fourth-order valence-corrected chi connectivity index (χ4v) is 1.74. The molecule has 0 unspecified atom stereocenters. The molecule has 0 bridgehead atoms.